The molecule has 0 bridgehead atoms. The summed E-state index contributed by atoms with van der Waals surface area (Å²) >= 11 is 0. The zero-order valence-corrected chi connectivity index (χ0v) is 24.5. The number of benzene rings is 3. The highest BCUT2D eigenvalue weighted by Gasteiger charge is 2.36. The van der Waals surface area contributed by atoms with Crippen LogP contribution in [0.25, 0.3) is 10.8 Å². The number of dihydropyridines is 1. The van der Waals surface area contributed by atoms with Gasteiger partial charge in [-0.05, 0) is 73.7 Å². The number of rotatable bonds is 9. The number of urea groups is 1. The molecule has 224 valence electrons. The summed E-state index contributed by atoms with van der Waals surface area (Å²) in [7, 11) is 0. The topological polar surface area (TPSA) is 131 Å². The van der Waals surface area contributed by atoms with Crippen LogP contribution in [-0.2, 0) is 9.59 Å². The van der Waals surface area contributed by atoms with Crippen molar-refractivity contribution in [1.82, 2.24) is 15.5 Å². The van der Waals surface area contributed by atoms with Crippen molar-refractivity contribution in [2.24, 2.45) is 0 Å². The molecule has 0 aromatic heterocycles. The van der Waals surface area contributed by atoms with Gasteiger partial charge in [0.25, 0.3) is 0 Å². The summed E-state index contributed by atoms with van der Waals surface area (Å²) in [4.78, 5) is 39.5. The van der Waals surface area contributed by atoms with Gasteiger partial charge in [0.15, 0.2) is 0 Å². The SMILES string of the molecule is CC1=C(C(=O)O)C(c2cccc(NC(=O)NCCCN3CCCCC3c3cccc4ccccc34)c2)C(C(=O)O)=C(C)N1. The van der Waals surface area contributed by atoms with Crippen molar-refractivity contribution in [3.05, 3.63) is 100 Å². The second kappa shape index (κ2) is 13.1. The third-order valence-electron chi connectivity index (χ3n) is 8.40. The molecule has 2 heterocycles. The Bertz CT molecular complexity index is 1570. The van der Waals surface area contributed by atoms with E-state index in [9.17, 15) is 24.6 Å². The fraction of sp³-hybridized carbons (Fsp3) is 0.324. The molecule has 0 spiro atoms. The van der Waals surface area contributed by atoms with Gasteiger partial charge in [0.1, 0.15) is 0 Å². The van der Waals surface area contributed by atoms with Gasteiger partial charge in [-0.15, -0.1) is 0 Å². The maximum absolute atomic E-state index is 12.8. The minimum atomic E-state index is -1.20. The van der Waals surface area contributed by atoms with E-state index in [0.717, 1.165) is 25.9 Å². The lowest BCUT2D eigenvalue weighted by Gasteiger charge is -2.36. The lowest BCUT2D eigenvalue weighted by Crippen LogP contribution is -2.36. The molecule has 3 aromatic rings. The molecule has 5 rings (SSSR count). The normalized spacial score (nSPS) is 18.0. The number of likely N-dealkylation sites (tertiary alicyclic amines) is 1. The molecule has 43 heavy (non-hydrogen) atoms. The Kier molecular flexibility index (Phi) is 9.11. The predicted molar refractivity (Wildman–Crippen MR) is 167 cm³/mol. The van der Waals surface area contributed by atoms with Crippen molar-refractivity contribution in [1.29, 1.82) is 0 Å². The first-order valence-corrected chi connectivity index (χ1v) is 14.8. The molecule has 1 saturated heterocycles. The Balaban J connectivity index is 1.21. The molecular formula is C34H38N4O5. The van der Waals surface area contributed by atoms with Crippen LogP contribution in [-0.4, -0.2) is 52.7 Å². The summed E-state index contributed by atoms with van der Waals surface area (Å²) in [6.07, 6.45) is 4.28. The van der Waals surface area contributed by atoms with E-state index in [0.29, 0.717) is 35.2 Å². The molecule has 9 heteroatoms. The number of amides is 2. The van der Waals surface area contributed by atoms with Gasteiger partial charge in [-0.1, -0.05) is 61.0 Å². The number of allylic oxidation sites excluding steroid dienone is 2. The number of carboxylic acid groups (broad SMARTS) is 2. The van der Waals surface area contributed by atoms with Crippen molar-refractivity contribution in [3.8, 4) is 0 Å². The first-order chi connectivity index (χ1) is 20.7. The van der Waals surface area contributed by atoms with Crippen LogP contribution in [0.4, 0.5) is 10.5 Å². The zero-order valence-electron chi connectivity index (χ0n) is 24.5. The zero-order chi connectivity index (χ0) is 30.5. The fourth-order valence-corrected chi connectivity index (χ4v) is 6.50. The number of nitrogens with one attached hydrogen (secondary N) is 3. The number of anilines is 1. The maximum Gasteiger partial charge on any atom is 0.334 e. The van der Waals surface area contributed by atoms with E-state index >= 15 is 0 Å². The van der Waals surface area contributed by atoms with Crippen LogP contribution in [0, 0.1) is 0 Å². The smallest absolute Gasteiger partial charge is 0.334 e. The molecule has 1 unspecified atom stereocenters. The van der Waals surface area contributed by atoms with Crippen molar-refractivity contribution in [2.75, 3.05) is 25.0 Å². The van der Waals surface area contributed by atoms with Gasteiger partial charge in [-0.25, -0.2) is 14.4 Å². The van der Waals surface area contributed by atoms with E-state index in [-0.39, 0.29) is 17.2 Å². The Hall–Kier alpha value is -4.63. The van der Waals surface area contributed by atoms with Gasteiger partial charge in [0.05, 0.1) is 17.1 Å². The van der Waals surface area contributed by atoms with Crippen LogP contribution in [0.15, 0.2) is 89.3 Å². The van der Waals surface area contributed by atoms with E-state index in [2.05, 4.69) is 63.3 Å². The summed E-state index contributed by atoms with van der Waals surface area (Å²) in [5.41, 5.74) is 2.97. The number of nitrogens with zero attached hydrogens (tertiary/aromatic N) is 1. The highest BCUT2D eigenvalue weighted by Crippen LogP contribution is 2.39. The highest BCUT2D eigenvalue weighted by molar-refractivity contribution is 5.98. The Morgan fingerprint density at radius 1 is 0.907 bits per heavy atom. The minimum absolute atomic E-state index is 0.0379. The molecular weight excluding hydrogens is 544 g/mol. The van der Waals surface area contributed by atoms with Crippen LogP contribution >= 0.6 is 0 Å². The summed E-state index contributed by atoms with van der Waals surface area (Å²) in [5.74, 6) is -3.39. The minimum Gasteiger partial charge on any atom is -0.478 e. The molecule has 5 N–H and O–H groups in total. The quantitative estimate of drug-likeness (QED) is 0.196. The average Bonchev–Trinajstić information content (AvgIpc) is 2.98. The molecule has 9 nitrogen and oxygen atoms in total. The van der Waals surface area contributed by atoms with E-state index in [1.807, 2.05) is 0 Å². The first kappa shape index (κ1) is 29.8. The number of hydrogen-bond donors (Lipinski definition) is 5. The largest absolute Gasteiger partial charge is 0.478 e. The van der Waals surface area contributed by atoms with Crippen LogP contribution in [0.1, 0.15) is 62.6 Å². The van der Waals surface area contributed by atoms with Crippen molar-refractivity contribution in [2.45, 2.75) is 51.5 Å². The van der Waals surface area contributed by atoms with Gasteiger partial charge in [0.2, 0.25) is 0 Å². The van der Waals surface area contributed by atoms with Crippen LogP contribution in [0.2, 0.25) is 0 Å². The molecule has 1 fully saturated rings. The van der Waals surface area contributed by atoms with Crippen LogP contribution in [0.3, 0.4) is 0 Å². The van der Waals surface area contributed by atoms with Crippen molar-refractivity contribution in [3.63, 3.8) is 0 Å². The molecule has 0 aliphatic carbocycles. The molecule has 2 aliphatic rings. The number of carboxylic acids is 2. The Labute approximate surface area is 251 Å². The van der Waals surface area contributed by atoms with E-state index in [1.54, 1.807) is 38.1 Å². The van der Waals surface area contributed by atoms with Gasteiger partial charge in [-0.3, -0.25) is 4.90 Å². The number of piperidine rings is 1. The van der Waals surface area contributed by atoms with Crippen molar-refractivity contribution >= 4 is 34.4 Å². The average molecular weight is 583 g/mol. The predicted octanol–water partition coefficient (Wildman–Crippen LogP) is 5.98. The maximum atomic E-state index is 12.8. The Morgan fingerprint density at radius 2 is 1.60 bits per heavy atom. The molecule has 1 atom stereocenters. The Morgan fingerprint density at radius 3 is 2.35 bits per heavy atom. The molecule has 2 amide bonds. The third-order valence-corrected chi connectivity index (χ3v) is 8.40. The van der Waals surface area contributed by atoms with Crippen molar-refractivity contribution < 1.29 is 24.6 Å². The van der Waals surface area contributed by atoms with Crippen LogP contribution in [0.5, 0.6) is 0 Å². The van der Waals surface area contributed by atoms with E-state index in [1.165, 1.54) is 29.2 Å². The summed E-state index contributed by atoms with van der Waals surface area (Å²) in [5, 5.41) is 30.9. The third kappa shape index (κ3) is 6.57. The number of fused-ring (bicyclic) bond motifs is 1. The van der Waals surface area contributed by atoms with Gasteiger partial charge in [-0.2, -0.15) is 0 Å². The van der Waals surface area contributed by atoms with Gasteiger partial charge < -0.3 is 26.2 Å². The lowest BCUT2D eigenvalue weighted by atomic mass is 9.80. The monoisotopic (exact) mass is 582 g/mol. The summed E-state index contributed by atoms with van der Waals surface area (Å²) in [6, 6.07) is 21.7. The van der Waals surface area contributed by atoms with Gasteiger partial charge in [0, 0.05) is 36.2 Å². The molecule has 3 aromatic carbocycles. The molecule has 0 radical (unpaired) electrons. The van der Waals surface area contributed by atoms with Gasteiger partial charge >= 0.3 is 18.0 Å². The number of carbonyl (C=O) groups is 3. The van der Waals surface area contributed by atoms with Crippen LogP contribution < -0.4 is 16.0 Å². The highest BCUT2D eigenvalue weighted by atomic mass is 16.4. The number of aliphatic carboxylic acids is 2. The fourth-order valence-electron chi connectivity index (χ4n) is 6.50. The standard InChI is InChI=1S/C34H38N4O5/c1-21-29(32(39)40)31(30(33(41)42)22(2)36-21)24-12-7-13-25(20-24)37-34(43)35-17-9-19-38-18-6-5-16-28(38)27-15-8-11-23-10-3-4-14-26(23)27/h3-4,7-8,10-15,20,28,31,36H,5-6,9,16-19H2,1-2H3,(H,39,40)(H,41,42)(H2,35,37,43). The first-order valence-electron chi connectivity index (χ1n) is 14.8. The molecule has 0 saturated carbocycles. The summed E-state index contributed by atoms with van der Waals surface area (Å²) in [6.45, 7) is 5.62. The second-order valence-electron chi connectivity index (χ2n) is 11.2. The summed E-state index contributed by atoms with van der Waals surface area (Å²) < 4.78 is 0. The lowest BCUT2D eigenvalue weighted by molar-refractivity contribution is -0.133. The molecule has 2 aliphatic heterocycles. The van der Waals surface area contributed by atoms with E-state index in [4.69, 9.17) is 0 Å². The number of hydrogen-bond acceptors (Lipinski definition) is 5. The van der Waals surface area contributed by atoms with E-state index < -0.39 is 17.9 Å². The second-order valence-corrected chi connectivity index (χ2v) is 11.2. The number of carbonyl (C=O) groups excluding carboxylic acids is 1.